The molecule has 0 saturated carbocycles. The number of aryl methyl sites for hydroxylation is 1. The second-order valence-corrected chi connectivity index (χ2v) is 8.12. The first-order chi connectivity index (χ1) is 14.5. The third-order valence-corrected chi connectivity index (χ3v) is 5.80. The summed E-state index contributed by atoms with van der Waals surface area (Å²) in [6.07, 6.45) is 0.746. The molecule has 1 unspecified atom stereocenters. The molecule has 1 aromatic heterocycles. The molecule has 30 heavy (non-hydrogen) atoms. The molecule has 7 heteroatoms. The number of nitrogens with zero attached hydrogens (tertiary/aromatic N) is 3. The normalized spacial score (nSPS) is 11.9. The van der Waals surface area contributed by atoms with Gasteiger partial charge in [0.1, 0.15) is 5.75 Å². The van der Waals surface area contributed by atoms with Crippen LogP contribution in [-0.2, 0) is 17.8 Å². The molecule has 6 nitrogen and oxygen atoms in total. The van der Waals surface area contributed by atoms with E-state index in [0.29, 0.717) is 5.75 Å². The molecule has 1 amide bonds. The van der Waals surface area contributed by atoms with Crippen LogP contribution >= 0.6 is 11.8 Å². The van der Waals surface area contributed by atoms with Gasteiger partial charge in [0, 0.05) is 18.2 Å². The summed E-state index contributed by atoms with van der Waals surface area (Å²) in [5.41, 5.74) is 3.35. The molecule has 3 rings (SSSR count). The van der Waals surface area contributed by atoms with Gasteiger partial charge in [0.2, 0.25) is 5.91 Å². The number of carbonyl (C=O) groups is 1. The Morgan fingerprint density at radius 3 is 2.73 bits per heavy atom. The Morgan fingerprint density at radius 1 is 1.20 bits per heavy atom. The van der Waals surface area contributed by atoms with E-state index in [9.17, 15) is 4.79 Å². The highest BCUT2D eigenvalue weighted by Gasteiger charge is 2.16. The lowest BCUT2D eigenvalue weighted by molar-refractivity contribution is -0.119. The maximum atomic E-state index is 12.5. The van der Waals surface area contributed by atoms with Crippen LogP contribution in [0.25, 0.3) is 11.4 Å². The average Bonchev–Trinajstić information content (AvgIpc) is 3.15. The third-order valence-electron chi connectivity index (χ3n) is 4.83. The molecule has 0 aliphatic rings. The minimum absolute atomic E-state index is 0.0153. The number of hydrogen-bond donors (Lipinski definition) is 1. The van der Waals surface area contributed by atoms with Crippen LogP contribution in [0.3, 0.4) is 0 Å². The minimum atomic E-state index is -0.0153. The van der Waals surface area contributed by atoms with Gasteiger partial charge in [-0.25, -0.2) is 0 Å². The molecule has 0 aliphatic carbocycles. The lowest BCUT2D eigenvalue weighted by Crippen LogP contribution is -2.35. The van der Waals surface area contributed by atoms with Crippen molar-refractivity contribution in [1.29, 1.82) is 0 Å². The van der Waals surface area contributed by atoms with Crippen LogP contribution in [0, 0.1) is 6.92 Å². The van der Waals surface area contributed by atoms with E-state index in [0.717, 1.165) is 46.4 Å². The summed E-state index contributed by atoms with van der Waals surface area (Å²) >= 11 is 1.41. The van der Waals surface area contributed by atoms with E-state index < -0.39 is 0 Å². The fraction of sp³-hybridized carbons (Fsp3) is 0.348. The van der Waals surface area contributed by atoms with E-state index in [2.05, 4.69) is 40.0 Å². The van der Waals surface area contributed by atoms with Crippen molar-refractivity contribution in [2.24, 2.45) is 0 Å². The average molecular weight is 425 g/mol. The third kappa shape index (κ3) is 5.42. The molecule has 0 saturated heterocycles. The Bertz CT molecular complexity index is 1000. The van der Waals surface area contributed by atoms with E-state index in [1.807, 2.05) is 49.4 Å². The molecule has 2 aromatic carbocycles. The number of ether oxygens (including phenoxy) is 1. The predicted octanol–water partition coefficient (Wildman–Crippen LogP) is 4.12. The van der Waals surface area contributed by atoms with Crippen LogP contribution in [0.1, 0.15) is 25.0 Å². The maximum absolute atomic E-state index is 12.5. The molecular weight excluding hydrogens is 396 g/mol. The minimum Gasteiger partial charge on any atom is -0.497 e. The van der Waals surface area contributed by atoms with Gasteiger partial charge in [-0.3, -0.25) is 4.79 Å². The van der Waals surface area contributed by atoms with Crippen LogP contribution in [0.15, 0.2) is 53.7 Å². The molecule has 0 bridgehead atoms. The Labute approximate surface area is 182 Å². The van der Waals surface area contributed by atoms with Crippen LogP contribution < -0.4 is 10.1 Å². The number of aromatic nitrogens is 3. The van der Waals surface area contributed by atoms with Crippen LogP contribution in [0.2, 0.25) is 0 Å². The number of nitrogens with one attached hydrogen (secondary N) is 1. The van der Waals surface area contributed by atoms with E-state index in [-0.39, 0.29) is 11.9 Å². The fourth-order valence-electron chi connectivity index (χ4n) is 3.35. The first kappa shape index (κ1) is 21.9. The molecule has 158 valence electrons. The quantitative estimate of drug-likeness (QED) is 0.523. The summed E-state index contributed by atoms with van der Waals surface area (Å²) in [7, 11) is 1.65. The van der Waals surface area contributed by atoms with Gasteiger partial charge in [-0.05, 0) is 50.5 Å². The first-order valence-corrected chi connectivity index (χ1v) is 11.0. The van der Waals surface area contributed by atoms with Gasteiger partial charge in [0.15, 0.2) is 11.0 Å². The topological polar surface area (TPSA) is 69.0 Å². The molecule has 0 spiro atoms. The molecule has 0 radical (unpaired) electrons. The number of methoxy groups -OCH3 is 1. The van der Waals surface area contributed by atoms with Gasteiger partial charge in [-0.1, -0.05) is 48.2 Å². The zero-order valence-electron chi connectivity index (χ0n) is 17.9. The second kappa shape index (κ2) is 10.3. The zero-order chi connectivity index (χ0) is 21.5. The molecule has 1 heterocycles. The van der Waals surface area contributed by atoms with Crippen molar-refractivity contribution in [3.8, 4) is 17.1 Å². The lowest BCUT2D eigenvalue weighted by Gasteiger charge is -2.14. The van der Waals surface area contributed by atoms with Gasteiger partial charge >= 0.3 is 0 Å². The van der Waals surface area contributed by atoms with E-state index in [1.54, 1.807) is 7.11 Å². The molecule has 1 N–H and O–H groups in total. The SMILES string of the molecule is CCn1c(SCC(=O)NC(C)Cc2cccc(OC)c2)nnc1-c1ccccc1C. The smallest absolute Gasteiger partial charge is 0.230 e. The van der Waals surface area contributed by atoms with Gasteiger partial charge in [0.05, 0.1) is 12.9 Å². The summed E-state index contributed by atoms with van der Waals surface area (Å²) in [5.74, 6) is 1.95. The number of rotatable bonds is 9. The lowest BCUT2D eigenvalue weighted by atomic mass is 10.1. The highest BCUT2D eigenvalue weighted by molar-refractivity contribution is 7.99. The Hall–Kier alpha value is -2.80. The molecular formula is C23H28N4O2S. The number of carbonyl (C=O) groups excluding carboxylic acids is 1. The largest absolute Gasteiger partial charge is 0.497 e. The van der Waals surface area contributed by atoms with E-state index >= 15 is 0 Å². The van der Waals surface area contributed by atoms with Gasteiger partial charge in [-0.15, -0.1) is 10.2 Å². The van der Waals surface area contributed by atoms with Crippen LogP contribution in [-0.4, -0.2) is 39.6 Å². The maximum Gasteiger partial charge on any atom is 0.230 e. The Balaban J connectivity index is 1.59. The van der Waals surface area contributed by atoms with Crippen molar-refractivity contribution in [2.75, 3.05) is 12.9 Å². The van der Waals surface area contributed by atoms with Crippen LogP contribution in [0.5, 0.6) is 5.75 Å². The molecule has 0 aliphatic heterocycles. The molecule has 1 atom stereocenters. The van der Waals surface area contributed by atoms with Crippen molar-refractivity contribution >= 4 is 17.7 Å². The van der Waals surface area contributed by atoms with Crippen molar-refractivity contribution in [3.63, 3.8) is 0 Å². The number of amides is 1. The van der Waals surface area contributed by atoms with Crippen molar-refractivity contribution in [3.05, 3.63) is 59.7 Å². The number of benzene rings is 2. The van der Waals surface area contributed by atoms with E-state index in [4.69, 9.17) is 4.74 Å². The van der Waals surface area contributed by atoms with Crippen molar-refractivity contribution in [1.82, 2.24) is 20.1 Å². The summed E-state index contributed by atoms with van der Waals surface area (Å²) in [5, 5.41) is 12.5. The van der Waals surface area contributed by atoms with E-state index in [1.165, 1.54) is 11.8 Å². The monoisotopic (exact) mass is 424 g/mol. The van der Waals surface area contributed by atoms with Gasteiger partial charge < -0.3 is 14.6 Å². The molecule has 3 aromatic rings. The number of thioether (sulfide) groups is 1. The fourth-order valence-corrected chi connectivity index (χ4v) is 4.17. The summed E-state index contributed by atoms with van der Waals surface area (Å²) in [6.45, 7) is 6.87. The highest BCUT2D eigenvalue weighted by atomic mass is 32.2. The van der Waals surface area contributed by atoms with Crippen molar-refractivity contribution in [2.45, 2.75) is 44.9 Å². The summed E-state index contributed by atoms with van der Waals surface area (Å²) < 4.78 is 7.32. The predicted molar refractivity (Wildman–Crippen MR) is 121 cm³/mol. The molecule has 0 fully saturated rings. The number of hydrogen-bond acceptors (Lipinski definition) is 5. The Kier molecular flexibility index (Phi) is 7.52. The van der Waals surface area contributed by atoms with Crippen molar-refractivity contribution < 1.29 is 9.53 Å². The zero-order valence-corrected chi connectivity index (χ0v) is 18.7. The standard InChI is InChI=1S/C23H28N4O2S/c1-5-27-22(20-12-7-6-9-16(20)2)25-26-23(27)30-15-21(28)24-17(3)13-18-10-8-11-19(14-18)29-4/h6-12,14,17H,5,13,15H2,1-4H3,(H,24,28). The van der Waals surface area contributed by atoms with Gasteiger partial charge in [0.25, 0.3) is 0 Å². The second-order valence-electron chi connectivity index (χ2n) is 7.18. The van der Waals surface area contributed by atoms with Gasteiger partial charge in [-0.2, -0.15) is 0 Å². The Morgan fingerprint density at radius 2 is 2.00 bits per heavy atom. The first-order valence-electron chi connectivity index (χ1n) is 10.1. The van der Waals surface area contributed by atoms with Crippen LogP contribution in [0.4, 0.5) is 0 Å². The summed E-state index contributed by atoms with van der Waals surface area (Å²) in [6, 6.07) is 16.1. The highest BCUT2D eigenvalue weighted by Crippen LogP contribution is 2.26. The summed E-state index contributed by atoms with van der Waals surface area (Å²) in [4.78, 5) is 12.5.